The maximum Gasteiger partial charge on any atom is 0.322 e. The Kier molecular flexibility index (Phi) is 5.09. The standard InChI is InChI=1S/C15H12N2O7S2/c18-11(19)2-1-5-16-14(20)10(26-15(16)25)6-8-3-4-9-13(24-7-23-9)12(8)17(21)22/h3-4,6H,1-2,5,7H2,(H,18,19)/b10-6+. The number of hydrogen-bond donors (Lipinski definition) is 1. The van der Waals surface area contributed by atoms with Crippen LogP contribution in [0.4, 0.5) is 5.69 Å². The molecule has 9 nitrogen and oxygen atoms in total. The van der Waals surface area contributed by atoms with Gasteiger partial charge < -0.3 is 14.6 Å². The fourth-order valence-corrected chi connectivity index (χ4v) is 3.80. The molecule has 0 aliphatic carbocycles. The second kappa shape index (κ2) is 7.30. The molecule has 1 N–H and O–H groups in total. The SMILES string of the molecule is O=C(O)CCCN1C(=O)/C(=C\c2ccc3c(c2[N+](=O)[O-])OCO3)SC1=S. The van der Waals surface area contributed by atoms with Crippen LogP contribution in [0.25, 0.3) is 6.08 Å². The van der Waals surface area contributed by atoms with E-state index in [9.17, 15) is 19.7 Å². The first kappa shape index (κ1) is 18.1. The molecule has 0 atom stereocenters. The average molecular weight is 396 g/mol. The molecule has 11 heteroatoms. The number of thioether (sulfide) groups is 1. The summed E-state index contributed by atoms with van der Waals surface area (Å²) < 4.78 is 10.6. The van der Waals surface area contributed by atoms with Crippen LogP contribution in [0.15, 0.2) is 17.0 Å². The van der Waals surface area contributed by atoms with Crippen molar-refractivity contribution in [2.45, 2.75) is 12.8 Å². The lowest BCUT2D eigenvalue weighted by atomic mass is 10.1. The minimum atomic E-state index is -0.957. The van der Waals surface area contributed by atoms with Gasteiger partial charge in [-0.05, 0) is 24.6 Å². The van der Waals surface area contributed by atoms with E-state index in [2.05, 4.69) is 0 Å². The van der Waals surface area contributed by atoms with Crippen molar-refractivity contribution in [1.29, 1.82) is 0 Å². The number of hydrogen-bond acceptors (Lipinski definition) is 8. The largest absolute Gasteiger partial charge is 0.481 e. The van der Waals surface area contributed by atoms with Gasteiger partial charge >= 0.3 is 11.7 Å². The number of fused-ring (bicyclic) bond motifs is 1. The summed E-state index contributed by atoms with van der Waals surface area (Å²) in [6, 6.07) is 3.01. The molecule has 0 spiro atoms. The summed E-state index contributed by atoms with van der Waals surface area (Å²) in [5.41, 5.74) is -0.0820. The summed E-state index contributed by atoms with van der Waals surface area (Å²) in [5.74, 6) is -1.06. The van der Waals surface area contributed by atoms with E-state index in [1.807, 2.05) is 0 Å². The van der Waals surface area contributed by atoms with Crippen LogP contribution in [0.5, 0.6) is 11.5 Å². The van der Waals surface area contributed by atoms with E-state index in [0.29, 0.717) is 0 Å². The predicted octanol–water partition coefficient (Wildman–Crippen LogP) is 2.39. The van der Waals surface area contributed by atoms with Gasteiger partial charge in [0.05, 0.1) is 15.4 Å². The topological polar surface area (TPSA) is 119 Å². The van der Waals surface area contributed by atoms with E-state index in [1.54, 1.807) is 0 Å². The number of amides is 1. The van der Waals surface area contributed by atoms with Crippen molar-refractivity contribution in [2.24, 2.45) is 0 Å². The highest BCUT2D eigenvalue weighted by atomic mass is 32.2. The maximum absolute atomic E-state index is 12.5. The molecule has 0 bridgehead atoms. The summed E-state index contributed by atoms with van der Waals surface area (Å²) in [4.78, 5) is 35.4. The van der Waals surface area contributed by atoms with Crippen molar-refractivity contribution in [3.05, 3.63) is 32.7 Å². The lowest BCUT2D eigenvalue weighted by molar-refractivity contribution is -0.385. The molecule has 2 aliphatic heterocycles. The number of nitro benzene ring substituents is 1. The maximum atomic E-state index is 12.5. The van der Waals surface area contributed by atoms with E-state index < -0.39 is 16.8 Å². The summed E-state index contributed by atoms with van der Waals surface area (Å²) in [6.45, 7) is 0.0723. The Bertz CT molecular complexity index is 853. The zero-order valence-corrected chi connectivity index (χ0v) is 14.8. The number of aliphatic carboxylic acids is 1. The fourth-order valence-electron chi connectivity index (χ4n) is 2.50. The highest BCUT2D eigenvalue weighted by Crippen LogP contribution is 2.44. The first-order valence-corrected chi connectivity index (χ1v) is 8.65. The molecule has 1 aromatic rings. The van der Waals surface area contributed by atoms with Gasteiger partial charge in [-0.2, -0.15) is 0 Å². The average Bonchev–Trinajstić information content (AvgIpc) is 3.13. The lowest BCUT2D eigenvalue weighted by Crippen LogP contribution is -2.29. The molecule has 0 saturated carbocycles. The van der Waals surface area contributed by atoms with Gasteiger partial charge in [0.15, 0.2) is 5.75 Å². The van der Waals surface area contributed by atoms with Crippen LogP contribution in [0, 0.1) is 10.1 Å². The molecular formula is C15H12N2O7S2. The third-order valence-corrected chi connectivity index (χ3v) is 5.04. The zero-order valence-electron chi connectivity index (χ0n) is 13.2. The molecule has 0 radical (unpaired) electrons. The van der Waals surface area contributed by atoms with E-state index in [0.717, 1.165) is 11.8 Å². The number of rotatable bonds is 6. The lowest BCUT2D eigenvalue weighted by Gasteiger charge is -2.13. The van der Waals surface area contributed by atoms with E-state index >= 15 is 0 Å². The summed E-state index contributed by atoms with van der Waals surface area (Å²) in [7, 11) is 0. The number of nitro groups is 1. The predicted molar refractivity (Wildman–Crippen MR) is 96.0 cm³/mol. The van der Waals surface area contributed by atoms with Gasteiger partial charge in [0.1, 0.15) is 4.32 Å². The van der Waals surface area contributed by atoms with Crippen molar-refractivity contribution in [3.63, 3.8) is 0 Å². The molecule has 2 heterocycles. The molecule has 0 unspecified atom stereocenters. The third-order valence-electron chi connectivity index (χ3n) is 3.66. The second-order valence-corrected chi connectivity index (χ2v) is 7.00. The molecule has 1 saturated heterocycles. The van der Waals surface area contributed by atoms with Crippen LogP contribution < -0.4 is 9.47 Å². The minimum Gasteiger partial charge on any atom is -0.481 e. The van der Waals surface area contributed by atoms with Crippen molar-refractivity contribution in [2.75, 3.05) is 13.3 Å². The molecule has 26 heavy (non-hydrogen) atoms. The Morgan fingerprint density at radius 1 is 1.46 bits per heavy atom. The molecule has 1 amide bonds. The Morgan fingerprint density at radius 2 is 2.23 bits per heavy atom. The number of benzene rings is 1. The number of carboxylic acids is 1. The minimum absolute atomic E-state index is 0.0284. The number of carbonyl (C=O) groups excluding carboxylic acids is 1. The van der Waals surface area contributed by atoms with Crippen LogP contribution >= 0.6 is 24.0 Å². The molecule has 0 aromatic heterocycles. The Morgan fingerprint density at radius 3 is 2.92 bits per heavy atom. The van der Waals surface area contributed by atoms with E-state index in [4.69, 9.17) is 26.8 Å². The van der Waals surface area contributed by atoms with Gasteiger partial charge in [-0.1, -0.05) is 24.0 Å². The summed E-state index contributed by atoms with van der Waals surface area (Å²) >= 11 is 6.17. The van der Waals surface area contributed by atoms with Crippen molar-refractivity contribution < 1.29 is 29.1 Å². The van der Waals surface area contributed by atoms with Crippen LogP contribution in [0.1, 0.15) is 18.4 Å². The van der Waals surface area contributed by atoms with E-state index in [1.165, 1.54) is 23.1 Å². The monoisotopic (exact) mass is 396 g/mol. The molecule has 3 rings (SSSR count). The van der Waals surface area contributed by atoms with E-state index in [-0.39, 0.29) is 58.2 Å². The summed E-state index contributed by atoms with van der Waals surface area (Å²) in [6.07, 6.45) is 1.57. The zero-order chi connectivity index (χ0) is 18.8. The fraction of sp³-hybridized carbons (Fsp3) is 0.267. The van der Waals surface area contributed by atoms with Gasteiger partial charge in [0, 0.05) is 13.0 Å². The van der Waals surface area contributed by atoms with Crippen LogP contribution in [-0.2, 0) is 9.59 Å². The van der Waals surface area contributed by atoms with Gasteiger partial charge in [0.2, 0.25) is 12.5 Å². The van der Waals surface area contributed by atoms with Crippen LogP contribution in [-0.4, -0.2) is 44.5 Å². The first-order chi connectivity index (χ1) is 12.4. The molecule has 136 valence electrons. The van der Waals surface area contributed by atoms with Gasteiger partial charge in [0.25, 0.3) is 5.91 Å². The number of nitrogens with zero attached hydrogens (tertiary/aromatic N) is 2. The van der Waals surface area contributed by atoms with Crippen molar-refractivity contribution in [3.8, 4) is 11.5 Å². The molecular weight excluding hydrogens is 384 g/mol. The highest BCUT2D eigenvalue weighted by molar-refractivity contribution is 8.26. The van der Waals surface area contributed by atoms with Gasteiger partial charge in [-0.3, -0.25) is 24.6 Å². The summed E-state index contributed by atoms with van der Waals surface area (Å²) in [5, 5.41) is 20.1. The number of carboxylic acid groups (broad SMARTS) is 1. The van der Waals surface area contributed by atoms with Gasteiger partial charge in [-0.25, -0.2) is 0 Å². The van der Waals surface area contributed by atoms with Gasteiger partial charge in [-0.15, -0.1) is 0 Å². The highest BCUT2D eigenvalue weighted by Gasteiger charge is 2.34. The molecule has 2 aliphatic rings. The smallest absolute Gasteiger partial charge is 0.322 e. The Hall–Kier alpha value is -2.66. The van der Waals surface area contributed by atoms with Crippen molar-refractivity contribution >= 4 is 51.9 Å². The molecule has 1 aromatic carbocycles. The normalized spacial score (nSPS) is 17.2. The first-order valence-electron chi connectivity index (χ1n) is 7.42. The third kappa shape index (κ3) is 3.48. The van der Waals surface area contributed by atoms with Crippen LogP contribution in [0.3, 0.4) is 0 Å². The quantitative estimate of drug-likeness (QED) is 0.334. The molecule has 1 fully saturated rings. The number of thiocarbonyl (C=S) groups is 1. The Balaban J connectivity index is 1.87. The van der Waals surface area contributed by atoms with Crippen molar-refractivity contribution in [1.82, 2.24) is 4.90 Å². The Labute approximate surface area is 156 Å². The number of ether oxygens (including phenoxy) is 2. The van der Waals surface area contributed by atoms with Crippen LogP contribution in [0.2, 0.25) is 0 Å². The second-order valence-electron chi connectivity index (χ2n) is 5.32. The number of carbonyl (C=O) groups is 2.